The Balaban J connectivity index is 1.48. The van der Waals surface area contributed by atoms with E-state index < -0.39 is 0 Å². The van der Waals surface area contributed by atoms with Crippen LogP contribution in [0.25, 0.3) is 0 Å². The van der Waals surface area contributed by atoms with Crippen molar-refractivity contribution in [2.45, 2.75) is 10.3 Å². The van der Waals surface area contributed by atoms with Gasteiger partial charge in [-0.3, -0.25) is 4.99 Å². The van der Waals surface area contributed by atoms with Crippen LogP contribution in [0.2, 0.25) is 0 Å². The summed E-state index contributed by atoms with van der Waals surface area (Å²) in [5.41, 5.74) is 0.664. The molecule has 0 aliphatic carbocycles. The molecule has 2 aliphatic rings. The average molecular weight is 320 g/mol. The topological polar surface area (TPSA) is 61.5 Å². The normalized spacial score (nSPS) is 22.0. The Kier molecular flexibility index (Phi) is 5.01. The van der Waals surface area contributed by atoms with E-state index in [0.29, 0.717) is 10.8 Å². The van der Waals surface area contributed by atoms with E-state index in [-0.39, 0.29) is 0 Å². The van der Waals surface area contributed by atoms with Gasteiger partial charge in [-0.1, -0.05) is 11.8 Å². The van der Waals surface area contributed by atoms with Crippen molar-refractivity contribution in [2.24, 2.45) is 4.99 Å². The molecule has 21 heavy (non-hydrogen) atoms. The van der Waals surface area contributed by atoms with Gasteiger partial charge in [-0.15, -0.1) is 11.8 Å². The second-order valence-electron chi connectivity index (χ2n) is 4.77. The molecule has 0 saturated carbocycles. The molecule has 1 saturated heterocycles. The molecule has 0 spiro atoms. The first kappa shape index (κ1) is 14.7. The van der Waals surface area contributed by atoms with Gasteiger partial charge < -0.3 is 9.64 Å². The molecule has 110 valence electrons. The van der Waals surface area contributed by atoms with Gasteiger partial charge >= 0.3 is 0 Å². The Labute approximate surface area is 132 Å². The van der Waals surface area contributed by atoms with Crippen molar-refractivity contribution in [3.8, 4) is 6.07 Å². The number of rotatable bonds is 3. The van der Waals surface area contributed by atoms with Crippen LogP contribution >= 0.6 is 23.5 Å². The van der Waals surface area contributed by atoms with Crippen molar-refractivity contribution in [2.75, 3.05) is 38.6 Å². The van der Waals surface area contributed by atoms with Gasteiger partial charge in [0.05, 0.1) is 36.4 Å². The van der Waals surface area contributed by atoms with E-state index in [1.54, 1.807) is 24.0 Å². The minimum absolute atomic E-state index is 0.486. The van der Waals surface area contributed by atoms with Crippen LogP contribution in [0.4, 0.5) is 0 Å². The third kappa shape index (κ3) is 3.90. The molecule has 0 aromatic carbocycles. The molecule has 0 amide bonds. The van der Waals surface area contributed by atoms with Crippen LogP contribution in [-0.4, -0.2) is 58.9 Å². The third-order valence-corrected chi connectivity index (χ3v) is 5.81. The van der Waals surface area contributed by atoms with E-state index in [2.05, 4.69) is 20.9 Å². The fourth-order valence-corrected chi connectivity index (χ4v) is 4.37. The number of morpholine rings is 1. The predicted octanol–water partition coefficient (Wildman–Crippen LogP) is 1.85. The van der Waals surface area contributed by atoms with Crippen molar-refractivity contribution in [3.63, 3.8) is 0 Å². The molecule has 0 bridgehead atoms. The van der Waals surface area contributed by atoms with Crippen LogP contribution in [-0.2, 0) is 4.74 Å². The Morgan fingerprint density at radius 1 is 1.48 bits per heavy atom. The van der Waals surface area contributed by atoms with Gasteiger partial charge in [0.2, 0.25) is 0 Å². The standard InChI is InChI=1S/C14H16N4OS2/c15-8-11-1-2-16-13(7-11)20-10-12-9-17-14(21-12)18-3-5-19-6-4-18/h1-2,7,12H,3-6,9-10H2/t12-/m0/s1. The molecule has 1 aromatic heterocycles. The van der Waals surface area contributed by atoms with E-state index >= 15 is 0 Å². The number of ether oxygens (including phenoxy) is 1. The lowest BCUT2D eigenvalue weighted by atomic mass is 10.3. The SMILES string of the molecule is N#Cc1ccnc(SC[C@@H]2CN=C(N3CCOCC3)S2)c1. The molecule has 0 radical (unpaired) electrons. The lowest BCUT2D eigenvalue weighted by molar-refractivity contribution is 0.0693. The van der Waals surface area contributed by atoms with Gasteiger partial charge in [0.1, 0.15) is 0 Å². The highest BCUT2D eigenvalue weighted by molar-refractivity contribution is 8.15. The van der Waals surface area contributed by atoms with Gasteiger partial charge in [0.15, 0.2) is 5.17 Å². The smallest absolute Gasteiger partial charge is 0.159 e. The zero-order valence-corrected chi connectivity index (χ0v) is 13.2. The predicted molar refractivity (Wildman–Crippen MR) is 85.7 cm³/mol. The number of thioether (sulfide) groups is 2. The van der Waals surface area contributed by atoms with Crippen molar-refractivity contribution < 1.29 is 4.74 Å². The zero-order valence-electron chi connectivity index (χ0n) is 11.6. The van der Waals surface area contributed by atoms with Crippen LogP contribution in [0.3, 0.4) is 0 Å². The van der Waals surface area contributed by atoms with Crippen LogP contribution < -0.4 is 0 Å². The molecule has 0 unspecified atom stereocenters. The first-order valence-corrected chi connectivity index (χ1v) is 8.74. The van der Waals surface area contributed by atoms with Gasteiger partial charge in [-0.2, -0.15) is 5.26 Å². The highest BCUT2D eigenvalue weighted by Crippen LogP contribution is 2.29. The summed E-state index contributed by atoms with van der Waals surface area (Å²) < 4.78 is 5.37. The summed E-state index contributed by atoms with van der Waals surface area (Å²) in [6, 6.07) is 5.72. The highest BCUT2D eigenvalue weighted by atomic mass is 32.2. The van der Waals surface area contributed by atoms with E-state index in [0.717, 1.165) is 48.8 Å². The van der Waals surface area contributed by atoms with E-state index in [9.17, 15) is 0 Å². The average Bonchev–Trinajstić information content (AvgIpc) is 3.03. The molecule has 1 aromatic rings. The number of hydrogen-bond donors (Lipinski definition) is 0. The highest BCUT2D eigenvalue weighted by Gasteiger charge is 2.25. The van der Waals surface area contributed by atoms with E-state index in [4.69, 9.17) is 10.00 Å². The van der Waals surface area contributed by atoms with E-state index in [1.807, 2.05) is 17.8 Å². The molecule has 2 aliphatic heterocycles. The maximum atomic E-state index is 8.90. The maximum Gasteiger partial charge on any atom is 0.159 e. The number of nitriles is 1. The van der Waals surface area contributed by atoms with Gasteiger partial charge in [0.25, 0.3) is 0 Å². The van der Waals surface area contributed by atoms with Crippen molar-refractivity contribution >= 4 is 28.7 Å². The summed E-state index contributed by atoms with van der Waals surface area (Å²) in [7, 11) is 0. The summed E-state index contributed by atoms with van der Waals surface area (Å²) in [5, 5.41) is 11.4. The summed E-state index contributed by atoms with van der Waals surface area (Å²) >= 11 is 3.55. The fourth-order valence-electron chi connectivity index (χ4n) is 2.16. The molecular weight excluding hydrogens is 304 g/mol. The van der Waals surface area contributed by atoms with Crippen LogP contribution in [0.15, 0.2) is 28.3 Å². The number of pyridine rings is 1. The molecule has 5 nitrogen and oxygen atoms in total. The number of hydrogen-bond acceptors (Lipinski definition) is 7. The molecule has 3 heterocycles. The number of amidine groups is 1. The van der Waals surface area contributed by atoms with Crippen LogP contribution in [0.5, 0.6) is 0 Å². The Bertz CT molecular complexity index is 566. The molecule has 3 rings (SSSR count). The quantitative estimate of drug-likeness (QED) is 0.792. The van der Waals surface area contributed by atoms with Crippen LogP contribution in [0.1, 0.15) is 5.56 Å². The first-order chi connectivity index (χ1) is 10.3. The molecule has 7 heteroatoms. The number of aliphatic imine (C=N–C) groups is 1. The summed E-state index contributed by atoms with van der Waals surface area (Å²) in [5.74, 6) is 0.962. The lowest BCUT2D eigenvalue weighted by Crippen LogP contribution is -2.39. The van der Waals surface area contributed by atoms with Gasteiger partial charge in [-0.05, 0) is 12.1 Å². The second kappa shape index (κ2) is 7.16. The third-order valence-electron chi connectivity index (χ3n) is 3.26. The first-order valence-electron chi connectivity index (χ1n) is 6.88. The molecule has 0 N–H and O–H groups in total. The number of nitrogens with zero attached hydrogens (tertiary/aromatic N) is 4. The molecular formula is C14H16N4OS2. The van der Waals surface area contributed by atoms with Crippen molar-refractivity contribution in [3.05, 3.63) is 23.9 Å². The molecule has 1 fully saturated rings. The minimum Gasteiger partial charge on any atom is -0.378 e. The second-order valence-corrected chi connectivity index (χ2v) is 7.08. The monoisotopic (exact) mass is 320 g/mol. The summed E-state index contributed by atoms with van der Waals surface area (Å²) in [6.07, 6.45) is 1.69. The lowest BCUT2D eigenvalue weighted by Gasteiger charge is -2.28. The number of aromatic nitrogens is 1. The van der Waals surface area contributed by atoms with Crippen molar-refractivity contribution in [1.29, 1.82) is 5.26 Å². The fraction of sp³-hybridized carbons (Fsp3) is 0.500. The summed E-state index contributed by atoms with van der Waals surface area (Å²) in [6.45, 7) is 4.34. The minimum atomic E-state index is 0.486. The largest absolute Gasteiger partial charge is 0.378 e. The van der Waals surface area contributed by atoms with Gasteiger partial charge in [0, 0.05) is 30.3 Å². The Hall–Kier alpha value is -1.23. The van der Waals surface area contributed by atoms with E-state index in [1.165, 1.54) is 0 Å². The Morgan fingerprint density at radius 2 is 2.33 bits per heavy atom. The Morgan fingerprint density at radius 3 is 3.14 bits per heavy atom. The van der Waals surface area contributed by atoms with Crippen LogP contribution in [0, 0.1) is 11.3 Å². The van der Waals surface area contributed by atoms with Crippen molar-refractivity contribution in [1.82, 2.24) is 9.88 Å². The maximum absolute atomic E-state index is 8.90. The molecule has 1 atom stereocenters. The van der Waals surface area contributed by atoms with Gasteiger partial charge in [-0.25, -0.2) is 4.98 Å². The zero-order chi connectivity index (χ0) is 14.5. The summed E-state index contributed by atoms with van der Waals surface area (Å²) in [4.78, 5) is 11.3.